The number of likely N-dealkylation sites (N-methyl/N-ethyl adjacent to an activating group) is 1. The summed E-state index contributed by atoms with van der Waals surface area (Å²) in [6, 6.07) is 7.48. The molecule has 2 bridgehead atoms. The molecule has 0 aromatic heterocycles. The minimum Gasteiger partial charge on any atom is -0.302 e. The van der Waals surface area contributed by atoms with E-state index in [0.717, 1.165) is 11.1 Å². The van der Waals surface area contributed by atoms with Gasteiger partial charge in [-0.2, -0.15) is 0 Å². The highest BCUT2D eigenvalue weighted by Gasteiger charge is 2.55. The number of piperidine rings is 1. The third kappa shape index (κ3) is 1.60. The van der Waals surface area contributed by atoms with Gasteiger partial charge in [0.1, 0.15) is 0 Å². The van der Waals surface area contributed by atoms with Crippen molar-refractivity contribution in [3.8, 4) is 0 Å². The highest BCUT2D eigenvalue weighted by molar-refractivity contribution is 6.30. The molecule has 2 unspecified atom stereocenters. The van der Waals surface area contributed by atoms with Crippen molar-refractivity contribution in [2.24, 2.45) is 0 Å². The first-order valence-corrected chi connectivity index (χ1v) is 8.44. The molecule has 0 N–H and O–H groups in total. The van der Waals surface area contributed by atoms with Gasteiger partial charge in [-0.3, -0.25) is 0 Å². The van der Waals surface area contributed by atoms with Gasteiger partial charge in [-0.15, -0.1) is 0 Å². The molecule has 1 saturated carbocycles. The highest BCUT2D eigenvalue weighted by atomic mass is 35.5. The van der Waals surface area contributed by atoms with Crippen molar-refractivity contribution < 1.29 is 0 Å². The number of fused-ring (bicyclic) bond motifs is 6. The quantitative estimate of drug-likeness (QED) is 0.679. The normalized spacial score (nSPS) is 35.2. The Labute approximate surface area is 127 Å². The first kappa shape index (κ1) is 13.2. The summed E-state index contributed by atoms with van der Waals surface area (Å²) in [7, 11) is 2.34. The Kier molecular flexibility index (Phi) is 2.79. The Hall–Kier alpha value is -0.530. The second kappa shape index (κ2) is 4.24. The maximum Gasteiger partial charge on any atom is 0.0409 e. The number of benzene rings is 1. The number of hydrogen-bond donors (Lipinski definition) is 0. The van der Waals surface area contributed by atoms with E-state index in [0.29, 0.717) is 10.8 Å². The average molecular weight is 290 g/mol. The van der Waals surface area contributed by atoms with Crippen molar-refractivity contribution in [2.45, 2.75) is 62.3 Å². The van der Waals surface area contributed by atoms with E-state index < -0.39 is 0 Å². The third-order valence-electron chi connectivity index (χ3n) is 6.49. The van der Waals surface area contributed by atoms with Crippen molar-refractivity contribution in [1.29, 1.82) is 0 Å². The van der Waals surface area contributed by atoms with Gasteiger partial charge in [0.2, 0.25) is 0 Å². The fourth-order valence-corrected chi connectivity index (χ4v) is 5.54. The molecule has 2 atom stereocenters. The maximum atomic E-state index is 6.33. The van der Waals surface area contributed by atoms with Crippen molar-refractivity contribution in [2.75, 3.05) is 13.6 Å². The first-order chi connectivity index (χ1) is 9.55. The second-order valence-electron chi connectivity index (χ2n) is 7.56. The molecule has 3 aliphatic rings. The van der Waals surface area contributed by atoms with Gasteiger partial charge in [0.05, 0.1) is 0 Å². The van der Waals surface area contributed by atoms with E-state index in [9.17, 15) is 0 Å². The molecule has 108 valence electrons. The monoisotopic (exact) mass is 289 g/mol. The van der Waals surface area contributed by atoms with Crippen LogP contribution in [0.4, 0.5) is 0 Å². The van der Waals surface area contributed by atoms with Crippen LogP contribution in [0.2, 0.25) is 5.02 Å². The van der Waals surface area contributed by atoms with Crippen molar-refractivity contribution in [1.82, 2.24) is 4.90 Å². The standard InChI is InChI=1S/C18H24ClN/c1-17-9-10-20(2)16(12-17)18(7-3-4-8-18)14-6-5-13(19)11-15(14)17/h5-6,11,16H,3-4,7-10,12H2,1-2H3. The summed E-state index contributed by atoms with van der Waals surface area (Å²) in [4.78, 5) is 2.64. The number of nitrogens with zero attached hydrogens (tertiary/aromatic N) is 1. The zero-order chi connectivity index (χ0) is 14.0. The van der Waals surface area contributed by atoms with E-state index in [2.05, 4.69) is 37.1 Å². The molecule has 1 nitrogen and oxygen atoms in total. The number of likely N-dealkylation sites (tertiary alicyclic amines) is 1. The zero-order valence-corrected chi connectivity index (χ0v) is 13.3. The Bertz CT molecular complexity index is 546. The molecule has 2 aliphatic carbocycles. The molecule has 1 aromatic rings. The van der Waals surface area contributed by atoms with Crippen LogP contribution in [0.15, 0.2) is 18.2 Å². The zero-order valence-electron chi connectivity index (χ0n) is 12.6. The molecular weight excluding hydrogens is 266 g/mol. The van der Waals surface area contributed by atoms with Crippen LogP contribution in [0.25, 0.3) is 0 Å². The van der Waals surface area contributed by atoms with Crippen LogP contribution < -0.4 is 0 Å². The van der Waals surface area contributed by atoms with E-state index in [1.54, 1.807) is 11.1 Å². The van der Waals surface area contributed by atoms with Crippen LogP contribution in [0.3, 0.4) is 0 Å². The number of rotatable bonds is 0. The minimum absolute atomic E-state index is 0.339. The van der Waals surface area contributed by atoms with Crippen LogP contribution in [0.1, 0.15) is 56.6 Å². The summed E-state index contributed by atoms with van der Waals surface area (Å²) >= 11 is 6.33. The summed E-state index contributed by atoms with van der Waals surface area (Å²) in [6.45, 7) is 3.69. The first-order valence-electron chi connectivity index (χ1n) is 8.06. The number of hydrogen-bond acceptors (Lipinski definition) is 1. The second-order valence-corrected chi connectivity index (χ2v) is 8.00. The van der Waals surface area contributed by atoms with Crippen LogP contribution >= 0.6 is 11.6 Å². The Morgan fingerprint density at radius 3 is 2.65 bits per heavy atom. The highest BCUT2D eigenvalue weighted by Crippen LogP contribution is 2.57. The molecule has 4 rings (SSSR count). The molecule has 0 radical (unpaired) electrons. The maximum absolute atomic E-state index is 6.33. The minimum atomic E-state index is 0.339. The molecule has 1 aromatic carbocycles. The average Bonchev–Trinajstić information content (AvgIpc) is 2.91. The molecule has 2 fully saturated rings. The lowest BCUT2D eigenvalue weighted by Gasteiger charge is -2.57. The predicted molar refractivity (Wildman–Crippen MR) is 84.6 cm³/mol. The molecule has 1 spiro atoms. The van der Waals surface area contributed by atoms with Gasteiger partial charge in [0, 0.05) is 16.5 Å². The summed E-state index contributed by atoms with van der Waals surface area (Å²) in [6.07, 6.45) is 8.10. The summed E-state index contributed by atoms with van der Waals surface area (Å²) in [5, 5.41) is 0.913. The largest absolute Gasteiger partial charge is 0.302 e. The summed E-state index contributed by atoms with van der Waals surface area (Å²) in [5.74, 6) is 0. The van der Waals surface area contributed by atoms with Crippen LogP contribution in [0, 0.1) is 0 Å². The van der Waals surface area contributed by atoms with Crippen LogP contribution in [-0.2, 0) is 10.8 Å². The summed E-state index contributed by atoms with van der Waals surface area (Å²) in [5.41, 5.74) is 3.95. The number of halogens is 1. The summed E-state index contributed by atoms with van der Waals surface area (Å²) < 4.78 is 0. The lowest BCUT2D eigenvalue weighted by atomic mass is 9.55. The molecule has 1 saturated heterocycles. The Balaban J connectivity index is 1.96. The molecule has 1 heterocycles. The Morgan fingerprint density at radius 2 is 1.90 bits per heavy atom. The lowest BCUT2D eigenvalue weighted by molar-refractivity contribution is 0.0471. The third-order valence-corrected chi connectivity index (χ3v) is 6.73. The van der Waals surface area contributed by atoms with Gasteiger partial charge in [-0.05, 0) is 68.0 Å². The van der Waals surface area contributed by atoms with Crippen molar-refractivity contribution in [3.63, 3.8) is 0 Å². The van der Waals surface area contributed by atoms with Crippen LogP contribution in [-0.4, -0.2) is 24.5 Å². The molecule has 0 amide bonds. The fourth-order valence-electron chi connectivity index (χ4n) is 5.36. The lowest BCUT2D eigenvalue weighted by Crippen LogP contribution is -2.59. The van der Waals surface area contributed by atoms with Gasteiger partial charge in [0.15, 0.2) is 0 Å². The van der Waals surface area contributed by atoms with Gasteiger partial charge in [-0.1, -0.05) is 37.4 Å². The molecule has 20 heavy (non-hydrogen) atoms. The van der Waals surface area contributed by atoms with E-state index in [4.69, 9.17) is 11.6 Å². The van der Waals surface area contributed by atoms with E-state index in [-0.39, 0.29) is 0 Å². The molecule has 1 aliphatic heterocycles. The van der Waals surface area contributed by atoms with Crippen LogP contribution in [0.5, 0.6) is 0 Å². The van der Waals surface area contributed by atoms with E-state index >= 15 is 0 Å². The van der Waals surface area contributed by atoms with Gasteiger partial charge < -0.3 is 4.90 Å². The van der Waals surface area contributed by atoms with Gasteiger partial charge >= 0.3 is 0 Å². The SMILES string of the molecule is CN1CCC2(C)CC1C1(CCCC1)c1ccc(Cl)cc12. The van der Waals surface area contributed by atoms with Gasteiger partial charge in [0.25, 0.3) is 0 Å². The van der Waals surface area contributed by atoms with E-state index in [1.165, 1.54) is 45.1 Å². The Morgan fingerprint density at radius 1 is 1.15 bits per heavy atom. The predicted octanol–water partition coefficient (Wildman–Crippen LogP) is 4.52. The topological polar surface area (TPSA) is 3.24 Å². The van der Waals surface area contributed by atoms with E-state index in [1.807, 2.05) is 0 Å². The molecule has 2 heteroatoms. The van der Waals surface area contributed by atoms with Crippen molar-refractivity contribution in [3.05, 3.63) is 34.3 Å². The fraction of sp³-hybridized carbons (Fsp3) is 0.667. The van der Waals surface area contributed by atoms with Gasteiger partial charge in [-0.25, -0.2) is 0 Å². The molecular formula is C18H24ClN. The smallest absolute Gasteiger partial charge is 0.0409 e. The van der Waals surface area contributed by atoms with Crippen molar-refractivity contribution >= 4 is 11.6 Å².